The number of aromatic nitrogens is 2. The van der Waals surface area contributed by atoms with Crippen LogP contribution in [0.1, 0.15) is 0 Å². The largest absolute Gasteiger partial charge is 0.436 e. The SMILES string of the molecule is c1ccc(-c2nc3ccc(-c4ccc(-c5ccc(N(c6ccccc6)c6ccc(-c7nc8ccccc8o7)cc6)cc5)cc4)cc3o2)cc1. The molecule has 0 atom stereocenters. The van der Waals surface area contributed by atoms with Crippen molar-refractivity contribution in [2.45, 2.75) is 0 Å². The van der Waals surface area contributed by atoms with Gasteiger partial charge in [-0.15, -0.1) is 0 Å². The van der Waals surface area contributed by atoms with E-state index in [9.17, 15) is 0 Å². The number of nitrogens with zero attached hydrogens (tertiary/aromatic N) is 3. The van der Waals surface area contributed by atoms with E-state index in [1.165, 1.54) is 0 Å². The maximum Gasteiger partial charge on any atom is 0.227 e. The molecule has 7 aromatic carbocycles. The molecule has 5 heteroatoms. The van der Waals surface area contributed by atoms with Crippen LogP contribution in [0.2, 0.25) is 0 Å². The van der Waals surface area contributed by atoms with E-state index in [1.54, 1.807) is 0 Å². The minimum absolute atomic E-state index is 0.616. The third-order valence-corrected chi connectivity index (χ3v) is 8.77. The van der Waals surface area contributed by atoms with E-state index in [0.29, 0.717) is 11.8 Å². The molecule has 0 aliphatic rings. The third kappa shape index (κ3) is 5.53. The molecule has 0 aliphatic carbocycles. The fourth-order valence-electron chi connectivity index (χ4n) is 6.24. The average molecular weight is 632 g/mol. The fourth-order valence-corrected chi connectivity index (χ4v) is 6.24. The molecule has 0 saturated carbocycles. The highest BCUT2D eigenvalue weighted by atomic mass is 16.4. The molecule has 0 radical (unpaired) electrons. The first-order valence-corrected chi connectivity index (χ1v) is 16.2. The van der Waals surface area contributed by atoms with Crippen LogP contribution in [0, 0.1) is 0 Å². The van der Waals surface area contributed by atoms with Crippen LogP contribution < -0.4 is 4.90 Å². The summed E-state index contributed by atoms with van der Waals surface area (Å²) >= 11 is 0. The van der Waals surface area contributed by atoms with Crippen molar-refractivity contribution in [3.63, 3.8) is 0 Å². The second-order valence-corrected chi connectivity index (χ2v) is 11.9. The van der Waals surface area contributed by atoms with Crippen molar-refractivity contribution in [3.8, 4) is 45.2 Å². The van der Waals surface area contributed by atoms with Crippen molar-refractivity contribution in [2.75, 3.05) is 4.90 Å². The van der Waals surface area contributed by atoms with E-state index in [1.807, 2.05) is 66.7 Å². The molecule has 0 saturated heterocycles. The van der Waals surface area contributed by atoms with Crippen LogP contribution in [0.25, 0.3) is 67.4 Å². The molecule has 232 valence electrons. The maximum absolute atomic E-state index is 6.12. The van der Waals surface area contributed by atoms with Crippen LogP contribution in [-0.2, 0) is 0 Å². The molecular formula is C44H29N3O2. The Morgan fingerprint density at radius 1 is 0.327 bits per heavy atom. The van der Waals surface area contributed by atoms with Crippen LogP contribution in [0.3, 0.4) is 0 Å². The molecular weight excluding hydrogens is 603 g/mol. The van der Waals surface area contributed by atoms with Crippen LogP contribution in [0.4, 0.5) is 17.1 Å². The lowest BCUT2D eigenvalue weighted by molar-refractivity contribution is 0.619. The van der Waals surface area contributed by atoms with Gasteiger partial charge >= 0.3 is 0 Å². The molecule has 0 N–H and O–H groups in total. The fraction of sp³-hybridized carbons (Fsp3) is 0. The highest BCUT2D eigenvalue weighted by molar-refractivity contribution is 5.84. The third-order valence-electron chi connectivity index (χ3n) is 8.77. The Bertz CT molecular complexity index is 2490. The number of hydrogen-bond donors (Lipinski definition) is 0. The van der Waals surface area contributed by atoms with Gasteiger partial charge in [-0.1, -0.05) is 91.0 Å². The highest BCUT2D eigenvalue weighted by Gasteiger charge is 2.15. The zero-order chi connectivity index (χ0) is 32.6. The summed E-state index contributed by atoms with van der Waals surface area (Å²) < 4.78 is 12.1. The number of oxazole rings is 2. The topological polar surface area (TPSA) is 55.3 Å². The summed E-state index contributed by atoms with van der Waals surface area (Å²) in [6.45, 7) is 0. The molecule has 9 rings (SSSR count). The van der Waals surface area contributed by atoms with Gasteiger partial charge in [0.2, 0.25) is 11.8 Å². The predicted octanol–water partition coefficient (Wildman–Crippen LogP) is 12.1. The first-order valence-electron chi connectivity index (χ1n) is 16.2. The van der Waals surface area contributed by atoms with E-state index < -0.39 is 0 Å². The molecule has 0 spiro atoms. The molecule has 0 unspecified atom stereocenters. The number of para-hydroxylation sites is 3. The Hall–Kier alpha value is -6.72. The van der Waals surface area contributed by atoms with Gasteiger partial charge in [0.15, 0.2) is 11.2 Å². The number of rotatable bonds is 7. The van der Waals surface area contributed by atoms with E-state index in [2.05, 4.69) is 124 Å². The standard InChI is InChI=1S/C44H29N3O2/c1-3-9-33(10-4-1)43-46-40-28-23-35(29-42(40)49-43)32-17-15-30(16-18-32)31-19-24-37(25-20-31)47(36-11-5-2-6-12-36)38-26-21-34(22-27-38)44-45-39-13-7-8-14-41(39)48-44/h1-29H. The summed E-state index contributed by atoms with van der Waals surface area (Å²) in [5.41, 5.74) is 12.9. The molecule has 5 nitrogen and oxygen atoms in total. The van der Waals surface area contributed by atoms with Gasteiger partial charge in [-0.25, -0.2) is 9.97 Å². The monoisotopic (exact) mass is 631 g/mol. The summed E-state index contributed by atoms with van der Waals surface area (Å²) in [6, 6.07) is 60.1. The van der Waals surface area contributed by atoms with Crippen LogP contribution in [-0.4, -0.2) is 9.97 Å². The predicted molar refractivity (Wildman–Crippen MR) is 198 cm³/mol. The summed E-state index contributed by atoms with van der Waals surface area (Å²) in [5.74, 6) is 1.25. The summed E-state index contributed by atoms with van der Waals surface area (Å²) in [7, 11) is 0. The van der Waals surface area contributed by atoms with Crippen molar-refractivity contribution < 1.29 is 8.83 Å². The Morgan fingerprint density at radius 3 is 1.39 bits per heavy atom. The zero-order valence-electron chi connectivity index (χ0n) is 26.4. The molecule has 49 heavy (non-hydrogen) atoms. The van der Waals surface area contributed by atoms with E-state index >= 15 is 0 Å². The molecule has 0 amide bonds. The van der Waals surface area contributed by atoms with Crippen LogP contribution in [0.5, 0.6) is 0 Å². The van der Waals surface area contributed by atoms with Crippen molar-refractivity contribution in [1.29, 1.82) is 0 Å². The zero-order valence-corrected chi connectivity index (χ0v) is 26.4. The Morgan fingerprint density at radius 2 is 0.755 bits per heavy atom. The lowest BCUT2D eigenvalue weighted by atomic mass is 10.00. The Balaban J connectivity index is 0.976. The molecule has 0 fully saturated rings. The number of fused-ring (bicyclic) bond motifs is 2. The smallest absolute Gasteiger partial charge is 0.227 e. The minimum Gasteiger partial charge on any atom is -0.436 e. The Kier molecular flexibility index (Phi) is 7.06. The molecule has 0 aliphatic heterocycles. The summed E-state index contributed by atoms with van der Waals surface area (Å²) in [6.07, 6.45) is 0. The normalized spacial score (nSPS) is 11.3. The summed E-state index contributed by atoms with van der Waals surface area (Å²) in [4.78, 5) is 11.6. The van der Waals surface area contributed by atoms with Crippen molar-refractivity contribution in [1.82, 2.24) is 9.97 Å². The van der Waals surface area contributed by atoms with Gasteiger partial charge in [0.1, 0.15) is 11.0 Å². The average Bonchev–Trinajstić information content (AvgIpc) is 3.81. The number of hydrogen-bond acceptors (Lipinski definition) is 5. The van der Waals surface area contributed by atoms with Gasteiger partial charge in [0, 0.05) is 28.2 Å². The van der Waals surface area contributed by atoms with Gasteiger partial charge < -0.3 is 13.7 Å². The highest BCUT2D eigenvalue weighted by Crippen LogP contribution is 2.37. The van der Waals surface area contributed by atoms with Gasteiger partial charge in [-0.2, -0.15) is 0 Å². The van der Waals surface area contributed by atoms with Gasteiger partial charge in [0.05, 0.1) is 0 Å². The number of benzene rings is 7. The van der Waals surface area contributed by atoms with E-state index in [0.717, 1.165) is 72.6 Å². The lowest BCUT2D eigenvalue weighted by Gasteiger charge is -2.25. The van der Waals surface area contributed by atoms with E-state index in [4.69, 9.17) is 8.83 Å². The van der Waals surface area contributed by atoms with Crippen molar-refractivity contribution >= 4 is 39.3 Å². The van der Waals surface area contributed by atoms with Crippen molar-refractivity contribution in [2.24, 2.45) is 0 Å². The first-order chi connectivity index (χ1) is 24.2. The van der Waals surface area contributed by atoms with Gasteiger partial charge in [-0.3, -0.25) is 0 Å². The first kappa shape index (κ1) is 28.5. The Labute approximate surface area is 283 Å². The lowest BCUT2D eigenvalue weighted by Crippen LogP contribution is -2.09. The maximum atomic E-state index is 6.12. The van der Waals surface area contributed by atoms with Crippen LogP contribution in [0.15, 0.2) is 185 Å². The van der Waals surface area contributed by atoms with Crippen LogP contribution >= 0.6 is 0 Å². The van der Waals surface area contributed by atoms with Gasteiger partial charge in [0.25, 0.3) is 0 Å². The molecule has 9 aromatic rings. The number of anilines is 3. The van der Waals surface area contributed by atoms with Crippen molar-refractivity contribution in [3.05, 3.63) is 176 Å². The molecule has 0 bridgehead atoms. The van der Waals surface area contributed by atoms with Gasteiger partial charge in [-0.05, 0) is 107 Å². The summed E-state index contributed by atoms with van der Waals surface area (Å²) in [5, 5.41) is 0. The van der Waals surface area contributed by atoms with E-state index in [-0.39, 0.29) is 0 Å². The molecule has 2 heterocycles. The molecule has 2 aromatic heterocycles. The minimum atomic E-state index is 0.616. The quantitative estimate of drug-likeness (QED) is 0.175. The second-order valence-electron chi connectivity index (χ2n) is 11.9. The second kappa shape index (κ2) is 12.1.